The van der Waals surface area contributed by atoms with Crippen molar-refractivity contribution in [2.24, 2.45) is 0 Å². The number of carbonyl (C=O) groups excluding carboxylic acids is 2. The molecular weight excluding hydrogens is 333 g/mol. The van der Waals surface area contributed by atoms with Crippen molar-refractivity contribution in [1.82, 2.24) is 4.90 Å². The fraction of sp³-hybridized carbons (Fsp3) is 0.222. The van der Waals surface area contributed by atoms with Gasteiger partial charge in [-0.2, -0.15) is 13.2 Å². The van der Waals surface area contributed by atoms with E-state index < -0.39 is 29.2 Å². The van der Waals surface area contributed by atoms with Crippen LogP contribution in [0.1, 0.15) is 16.7 Å². The van der Waals surface area contributed by atoms with E-state index >= 15 is 0 Å². The third-order valence-corrected chi connectivity index (χ3v) is 4.09. The molecule has 0 spiro atoms. The summed E-state index contributed by atoms with van der Waals surface area (Å²) < 4.78 is 38.9. The Balaban J connectivity index is 1.74. The molecule has 0 unspecified atom stereocenters. The van der Waals surface area contributed by atoms with Gasteiger partial charge in [0.2, 0.25) is 0 Å². The smallest absolute Gasteiger partial charge is 0.330 e. The summed E-state index contributed by atoms with van der Waals surface area (Å²) in [5.74, 6) is -1.91. The Hall–Kier alpha value is -2.83. The van der Waals surface area contributed by atoms with E-state index in [0.29, 0.717) is 13.0 Å². The first-order chi connectivity index (χ1) is 11.9. The topological polar surface area (TPSA) is 49.4 Å². The van der Waals surface area contributed by atoms with Crippen LogP contribution in [0.25, 0.3) is 0 Å². The molecule has 1 N–H and O–H groups in total. The average Bonchev–Trinajstić information content (AvgIpc) is 2.60. The summed E-state index contributed by atoms with van der Waals surface area (Å²) in [6, 6.07) is 12.1. The van der Waals surface area contributed by atoms with Gasteiger partial charge in [0, 0.05) is 13.1 Å². The minimum atomic E-state index is -4.61. The molecule has 4 nitrogen and oxygen atoms in total. The Morgan fingerprint density at radius 3 is 2.32 bits per heavy atom. The minimum Gasteiger partial charge on any atom is -0.330 e. The van der Waals surface area contributed by atoms with Gasteiger partial charge in [0.1, 0.15) is 0 Å². The van der Waals surface area contributed by atoms with Crippen molar-refractivity contribution in [1.29, 1.82) is 0 Å². The number of alkyl halides is 3. The lowest BCUT2D eigenvalue weighted by Gasteiger charge is -2.28. The Morgan fingerprint density at radius 2 is 1.60 bits per heavy atom. The molecule has 0 fully saturated rings. The second kappa shape index (κ2) is 6.58. The van der Waals surface area contributed by atoms with Gasteiger partial charge in [-0.15, -0.1) is 0 Å². The van der Waals surface area contributed by atoms with E-state index in [-0.39, 0.29) is 6.54 Å². The zero-order valence-corrected chi connectivity index (χ0v) is 13.1. The summed E-state index contributed by atoms with van der Waals surface area (Å²) in [6.45, 7) is 0.619. The lowest BCUT2D eigenvalue weighted by atomic mass is 10.00. The largest absolute Gasteiger partial charge is 0.418 e. The van der Waals surface area contributed by atoms with Crippen LogP contribution in [-0.4, -0.2) is 23.3 Å². The number of nitrogens with one attached hydrogen (secondary N) is 1. The lowest BCUT2D eigenvalue weighted by Crippen LogP contribution is -2.42. The molecule has 0 aromatic heterocycles. The lowest BCUT2D eigenvalue weighted by molar-refractivity contribution is -0.144. The number of nitrogens with zero attached hydrogens (tertiary/aromatic N) is 1. The highest BCUT2D eigenvalue weighted by atomic mass is 19.4. The normalized spacial score (nSPS) is 14.0. The predicted octanol–water partition coefficient (Wildman–Crippen LogP) is 3.23. The van der Waals surface area contributed by atoms with E-state index in [1.165, 1.54) is 17.0 Å². The molecule has 2 aromatic rings. The third-order valence-electron chi connectivity index (χ3n) is 4.09. The molecule has 2 amide bonds. The van der Waals surface area contributed by atoms with Crippen LogP contribution in [0.3, 0.4) is 0 Å². The van der Waals surface area contributed by atoms with Crippen LogP contribution in [0.2, 0.25) is 0 Å². The number of amides is 2. The van der Waals surface area contributed by atoms with Crippen LogP contribution in [0.15, 0.2) is 48.5 Å². The van der Waals surface area contributed by atoms with Crippen LogP contribution in [-0.2, 0) is 28.7 Å². The zero-order chi connectivity index (χ0) is 18.0. The maximum absolute atomic E-state index is 13.0. The predicted molar refractivity (Wildman–Crippen MR) is 85.6 cm³/mol. The van der Waals surface area contributed by atoms with Crippen LogP contribution in [0, 0.1) is 0 Å². The fourth-order valence-corrected chi connectivity index (χ4v) is 2.83. The first-order valence-electron chi connectivity index (χ1n) is 7.69. The second-order valence-corrected chi connectivity index (χ2v) is 5.74. The van der Waals surface area contributed by atoms with Crippen LogP contribution >= 0.6 is 0 Å². The van der Waals surface area contributed by atoms with Crippen molar-refractivity contribution >= 4 is 17.5 Å². The maximum Gasteiger partial charge on any atom is 0.418 e. The minimum absolute atomic E-state index is 0.267. The molecule has 7 heteroatoms. The zero-order valence-electron chi connectivity index (χ0n) is 13.1. The van der Waals surface area contributed by atoms with Gasteiger partial charge < -0.3 is 10.2 Å². The summed E-state index contributed by atoms with van der Waals surface area (Å²) in [5.41, 5.74) is 0.630. The Morgan fingerprint density at radius 1 is 0.960 bits per heavy atom. The van der Waals surface area contributed by atoms with Gasteiger partial charge in [-0.25, -0.2) is 0 Å². The van der Waals surface area contributed by atoms with Crippen molar-refractivity contribution in [3.63, 3.8) is 0 Å². The molecule has 1 aliphatic rings. The Labute approximate surface area is 142 Å². The van der Waals surface area contributed by atoms with Crippen LogP contribution in [0.4, 0.5) is 18.9 Å². The quantitative estimate of drug-likeness (QED) is 0.805. The van der Waals surface area contributed by atoms with Crippen molar-refractivity contribution in [2.45, 2.75) is 19.1 Å². The number of rotatable bonds is 1. The van der Waals surface area contributed by atoms with Crippen molar-refractivity contribution < 1.29 is 22.8 Å². The van der Waals surface area contributed by atoms with Crippen molar-refractivity contribution in [3.8, 4) is 0 Å². The number of benzene rings is 2. The van der Waals surface area contributed by atoms with Crippen LogP contribution in [0.5, 0.6) is 0 Å². The standard InChI is InChI=1S/C18H15F3N2O2/c19-18(20,21)14-7-3-4-8-15(14)22-16(24)17(25)23-10-9-12-5-1-2-6-13(12)11-23/h1-8H,9-11H2,(H,22,24). The summed E-state index contributed by atoms with van der Waals surface area (Å²) >= 11 is 0. The van der Waals surface area contributed by atoms with E-state index in [1.807, 2.05) is 24.3 Å². The van der Waals surface area contributed by atoms with E-state index in [4.69, 9.17) is 0 Å². The summed E-state index contributed by atoms with van der Waals surface area (Å²) in [5, 5.41) is 2.09. The van der Waals surface area contributed by atoms with Gasteiger partial charge in [0.05, 0.1) is 11.3 Å². The number of para-hydroxylation sites is 1. The number of fused-ring (bicyclic) bond motifs is 1. The first-order valence-corrected chi connectivity index (χ1v) is 7.69. The highest BCUT2D eigenvalue weighted by Crippen LogP contribution is 2.34. The molecule has 3 rings (SSSR count). The van der Waals surface area contributed by atoms with Crippen molar-refractivity contribution in [3.05, 3.63) is 65.2 Å². The van der Waals surface area contributed by atoms with E-state index in [9.17, 15) is 22.8 Å². The molecule has 0 radical (unpaired) electrons. The summed E-state index contributed by atoms with van der Waals surface area (Å²) in [4.78, 5) is 25.8. The number of hydrogen-bond donors (Lipinski definition) is 1. The van der Waals surface area contributed by atoms with Crippen LogP contribution < -0.4 is 5.32 Å². The molecule has 2 aromatic carbocycles. The third kappa shape index (κ3) is 3.65. The van der Waals surface area contributed by atoms with Crippen molar-refractivity contribution in [2.75, 3.05) is 11.9 Å². The summed E-state index contributed by atoms with van der Waals surface area (Å²) in [7, 11) is 0. The highest BCUT2D eigenvalue weighted by Gasteiger charge is 2.34. The second-order valence-electron chi connectivity index (χ2n) is 5.74. The molecule has 25 heavy (non-hydrogen) atoms. The molecule has 0 atom stereocenters. The molecular formula is C18H15F3N2O2. The van der Waals surface area contributed by atoms with E-state index in [1.54, 1.807) is 0 Å². The molecule has 1 aliphatic heterocycles. The van der Waals surface area contributed by atoms with Gasteiger partial charge in [0.25, 0.3) is 0 Å². The van der Waals surface area contributed by atoms with Gasteiger partial charge in [-0.05, 0) is 29.7 Å². The Bertz CT molecular complexity index is 818. The highest BCUT2D eigenvalue weighted by molar-refractivity contribution is 6.39. The molecule has 0 saturated heterocycles. The molecule has 0 saturated carbocycles. The van der Waals surface area contributed by atoms with Gasteiger partial charge in [0.15, 0.2) is 0 Å². The Kier molecular flexibility index (Phi) is 4.48. The molecule has 1 heterocycles. The van der Waals surface area contributed by atoms with Gasteiger partial charge >= 0.3 is 18.0 Å². The molecule has 0 bridgehead atoms. The first kappa shape index (κ1) is 17.0. The molecule has 130 valence electrons. The van der Waals surface area contributed by atoms with E-state index in [0.717, 1.165) is 23.3 Å². The number of hydrogen-bond acceptors (Lipinski definition) is 2. The summed E-state index contributed by atoms with van der Waals surface area (Å²) in [6.07, 6.45) is -4.01. The fourth-order valence-electron chi connectivity index (χ4n) is 2.83. The van der Waals surface area contributed by atoms with Gasteiger partial charge in [-0.3, -0.25) is 9.59 Å². The SMILES string of the molecule is O=C(Nc1ccccc1C(F)(F)F)C(=O)N1CCc2ccccc2C1. The van der Waals surface area contributed by atoms with E-state index in [2.05, 4.69) is 5.32 Å². The maximum atomic E-state index is 13.0. The average molecular weight is 348 g/mol. The monoisotopic (exact) mass is 348 g/mol. The number of halogens is 3. The number of anilines is 1. The number of carbonyl (C=O) groups is 2. The van der Waals surface area contributed by atoms with Gasteiger partial charge in [-0.1, -0.05) is 36.4 Å². The molecule has 0 aliphatic carbocycles.